The van der Waals surface area contributed by atoms with Crippen molar-refractivity contribution in [2.45, 2.75) is 45.1 Å². The molecule has 1 aromatic carbocycles. The van der Waals surface area contributed by atoms with Crippen LogP contribution >= 0.6 is 0 Å². The van der Waals surface area contributed by atoms with E-state index in [1.807, 2.05) is 19.1 Å². The molecule has 84 valence electrons. The molecule has 1 aromatic rings. The van der Waals surface area contributed by atoms with E-state index >= 15 is 0 Å². The number of benzene rings is 1. The van der Waals surface area contributed by atoms with Gasteiger partial charge in [-0.3, -0.25) is 0 Å². The minimum absolute atomic E-state index is 0.201. The quantitative estimate of drug-likeness (QED) is 0.729. The Bertz CT molecular complexity index is 279. The normalized spacial score (nSPS) is 14.9. The lowest BCUT2D eigenvalue weighted by atomic mass is 9.91. The van der Waals surface area contributed by atoms with Crippen molar-refractivity contribution in [2.24, 2.45) is 0 Å². The zero-order valence-corrected chi connectivity index (χ0v) is 9.61. The monoisotopic (exact) mass is 207 g/mol. The van der Waals surface area contributed by atoms with E-state index in [4.69, 9.17) is 5.73 Å². The summed E-state index contributed by atoms with van der Waals surface area (Å²) in [5, 5.41) is 9.27. The fourth-order valence-corrected chi connectivity index (χ4v) is 1.82. The van der Waals surface area contributed by atoms with Crippen LogP contribution in [-0.2, 0) is 0 Å². The average molecular weight is 207 g/mol. The molecule has 0 heterocycles. The van der Waals surface area contributed by atoms with Gasteiger partial charge in [0.2, 0.25) is 0 Å². The van der Waals surface area contributed by atoms with Gasteiger partial charge in [0.1, 0.15) is 0 Å². The van der Waals surface area contributed by atoms with Crippen LogP contribution in [0.1, 0.15) is 44.6 Å². The van der Waals surface area contributed by atoms with Gasteiger partial charge in [-0.15, -0.1) is 0 Å². The van der Waals surface area contributed by atoms with Gasteiger partial charge < -0.3 is 10.8 Å². The summed E-state index contributed by atoms with van der Waals surface area (Å²) in [6, 6.07) is 8.07. The highest BCUT2D eigenvalue weighted by Crippen LogP contribution is 2.25. The first-order chi connectivity index (χ1) is 7.13. The molecule has 0 aromatic heterocycles. The van der Waals surface area contributed by atoms with Crippen LogP contribution in [-0.4, -0.2) is 11.2 Å². The van der Waals surface area contributed by atoms with Crippen molar-refractivity contribution in [3.05, 3.63) is 29.8 Å². The molecule has 0 aliphatic rings. The van der Waals surface area contributed by atoms with Crippen molar-refractivity contribution in [2.75, 3.05) is 5.73 Å². The van der Waals surface area contributed by atoms with E-state index in [2.05, 4.69) is 19.1 Å². The summed E-state index contributed by atoms with van der Waals surface area (Å²) in [6.45, 7) is 4.03. The molecule has 2 unspecified atom stereocenters. The van der Waals surface area contributed by atoms with Gasteiger partial charge in [-0.25, -0.2) is 0 Å². The highest BCUT2D eigenvalue weighted by molar-refractivity contribution is 5.40. The van der Waals surface area contributed by atoms with Gasteiger partial charge in [0, 0.05) is 5.69 Å². The first-order valence-corrected chi connectivity index (χ1v) is 5.67. The largest absolute Gasteiger partial charge is 0.399 e. The molecule has 0 saturated carbocycles. The van der Waals surface area contributed by atoms with Gasteiger partial charge in [0.05, 0.1) is 6.10 Å². The maximum Gasteiger partial charge on any atom is 0.0512 e. The van der Waals surface area contributed by atoms with Gasteiger partial charge in [-0.1, -0.05) is 19.1 Å². The number of rotatable bonds is 5. The fraction of sp³-hybridized carbons (Fsp3) is 0.538. The standard InChI is InChI=1S/C13H21NO/c1-3-11(5-4-10(2)15)12-6-8-13(14)9-7-12/h6-11,15H,3-5,14H2,1-2H3. The number of aliphatic hydroxyl groups excluding tert-OH is 1. The van der Waals surface area contributed by atoms with Crippen LogP contribution in [0.5, 0.6) is 0 Å². The molecule has 0 bridgehead atoms. The molecular weight excluding hydrogens is 186 g/mol. The van der Waals surface area contributed by atoms with Crippen molar-refractivity contribution in [3.63, 3.8) is 0 Å². The molecule has 15 heavy (non-hydrogen) atoms. The number of nitrogens with two attached hydrogens (primary N) is 1. The van der Waals surface area contributed by atoms with E-state index < -0.39 is 0 Å². The predicted molar refractivity (Wildman–Crippen MR) is 64.8 cm³/mol. The minimum Gasteiger partial charge on any atom is -0.399 e. The minimum atomic E-state index is -0.201. The average Bonchev–Trinajstić information content (AvgIpc) is 2.21. The fourth-order valence-electron chi connectivity index (χ4n) is 1.82. The first kappa shape index (κ1) is 12.1. The van der Waals surface area contributed by atoms with Crippen molar-refractivity contribution in [1.82, 2.24) is 0 Å². The van der Waals surface area contributed by atoms with E-state index in [0.29, 0.717) is 5.92 Å². The smallest absolute Gasteiger partial charge is 0.0512 e. The maximum absolute atomic E-state index is 9.27. The molecule has 1 rings (SSSR count). The van der Waals surface area contributed by atoms with Crippen LogP contribution in [0.25, 0.3) is 0 Å². The van der Waals surface area contributed by atoms with Crippen LogP contribution in [0, 0.1) is 0 Å². The van der Waals surface area contributed by atoms with Crippen molar-refractivity contribution in [1.29, 1.82) is 0 Å². The van der Waals surface area contributed by atoms with E-state index in [9.17, 15) is 5.11 Å². The Morgan fingerprint density at radius 2 is 1.80 bits per heavy atom. The summed E-state index contributed by atoms with van der Waals surface area (Å²) < 4.78 is 0. The van der Waals surface area contributed by atoms with Crippen LogP contribution in [0.4, 0.5) is 5.69 Å². The Labute approximate surface area is 92.1 Å². The van der Waals surface area contributed by atoms with Crippen molar-refractivity contribution >= 4 is 5.69 Å². The molecule has 0 saturated heterocycles. The Hall–Kier alpha value is -1.02. The van der Waals surface area contributed by atoms with Crippen molar-refractivity contribution < 1.29 is 5.11 Å². The zero-order chi connectivity index (χ0) is 11.3. The van der Waals surface area contributed by atoms with E-state index in [1.54, 1.807) is 0 Å². The van der Waals surface area contributed by atoms with Gasteiger partial charge in [-0.2, -0.15) is 0 Å². The number of nitrogen functional groups attached to an aromatic ring is 1. The third-order valence-corrected chi connectivity index (χ3v) is 2.83. The summed E-state index contributed by atoms with van der Waals surface area (Å²) in [5.74, 6) is 0.542. The number of hydrogen-bond acceptors (Lipinski definition) is 2. The van der Waals surface area contributed by atoms with E-state index in [1.165, 1.54) is 5.56 Å². The highest BCUT2D eigenvalue weighted by Gasteiger charge is 2.10. The van der Waals surface area contributed by atoms with Crippen molar-refractivity contribution in [3.8, 4) is 0 Å². The molecular formula is C13H21NO. The summed E-state index contributed by atoms with van der Waals surface area (Å²) in [4.78, 5) is 0. The maximum atomic E-state index is 9.27. The second kappa shape index (κ2) is 5.76. The molecule has 2 atom stereocenters. The third kappa shape index (κ3) is 3.92. The number of anilines is 1. The topological polar surface area (TPSA) is 46.2 Å². The third-order valence-electron chi connectivity index (χ3n) is 2.83. The number of hydrogen-bond donors (Lipinski definition) is 2. The molecule has 0 radical (unpaired) electrons. The molecule has 2 nitrogen and oxygen atoms in total. The van der Waals surface area contributed by atoms with Gasteiger partial charge >= 0.3 is 0 Å². The molecule has 2 heteroatoms. The second-order valence-corrected chi connectivity index (χ2v) is 4.20. The molecule has 0 aliphatic carbocycles. The summed E-state index contributed by atoms with van der Waals surface area (Å²) in [7, 11) is 0. The Kier molecular flexibility index (Phi) is 4.63. The van der Waals surface area contributed by atoms with Gasteiger partial charge in [0.15, 0.2) is 0 Å². The highest BCUT2D eigenvalue weighted by atomic mass is 16.3. The molecule has 0 fully saturated rings. The summed E-state index contributed by atoms with van der Waals surface area (Å²) in [6.07, 6.45) is 2.81. The molecule has 0 amide bonds. The SMILES string of the molecule is CCC(CCC(C)O)c1ccc(N)cc1. The number of aliphatic hydroxyl groups is 1. The lowest BCUT2D eigenvalue weighted by Gasteiger charge is -2.16. The predicted octanol–water partition coefficient (Wildman–Crippen LogP) is 2.92. The van der Waals surface area contributed by atoms with Gasteiger partial charge in [0.25, 0.3) is 0 Å². The zero-order valence-electron chi connectivity index (χ0n) is 9.61. The molecule has 0 spiro atoms. The Morgan fingerprint density at radius 1 is 1.20 bits per heavy atom. The lowest BCUT2D eigenvalue weighted by molar-refractivity contribution is 0.178. The van der Waals surface area contributed by atoms with E-state index in [0.717, 1.165) is 24.9 Å². The second-order valence-electron chi connectivity index (χ2n) is 4.20. The summed E-state index contributed by atoms with van der Waals surface area (Å²) >= 11 is 0. The Balaban J connectivity index is 2.61. The van der Waals surface area contributed by atoms with E-state index in [-0.39, 0.29) is 6.10 Å². The Morgan fingerprint density at radius 3 is 2.27 bits per heavy atom. The summed E-state index contributed by atoms with van der Waals surface area (Å²) in [5.41, 5.74) is 7.79. The van der Waals surface area contributed by atoms with Crippen LogP contribution in [0.2, 0.25) is 0 Å². The lowest BCUT2D eigenvalue weighted by Crippen LogP contribution is -2.04. The molecule has 0 aliphatic heterocycles. The van der Waals surface area contributed by atoms with Crippen LogP contribution in [0.15, 0.2) is 24.3 Å². The molecule has 3 N–H and O–H groups in total. The van der Waals surface area contributed by atoms with Gasteiger partial charge in [-0.05, 0) is 49.8 Å². The van der Waals surface area contributed by atoms with Crippen LogP contribution in [0.3, 0.4) is 0 Å². The first-order valence-electron chi connectivity index (χ1n) is 5.67. The van der Waals surface area contributed by atoms with Crippen LogP contribution < -0.4 is 5.73 Å².